The van der Waals surface area contributed by atoms with Gasteiger partial charge in [-0.15, -0.1) is 0 Å². The van der Waals surface area contributed by atoms with Crippen molar-refractivity contribution in [2.45, 2.75) is 111 Å². The minimum Gasteiger partial charge on any atom is -0.458 e. The fourth-order valence-corrected chi connectivity index (χ4v) is 7.13. The predicted molar refractivity (Wildman–Crippen MR) is 120 cm³/mol. The maximum atomic E-state index is 13.1. The molecule has 0 aliphatic heterocycles. The van der Waals surface area contributed by atoms with Crippen molar-refractivity contribution in [3.8, 4) is 0 Å². The number of ether oxygens (including phenoxy) is 1. The zero-order chi connectivity index (χ0) is 29.2. The molecule has 30 heavy (non-hydrogen) atoms. The van der Waals surface area contributed by atoms with Gasteiger partial charge in [-0.1, -0.05) is 46.0 Å². The molecule has 0 bridgehead atoms. The van der Waals surface area contributed by atoms with Gasteiger partial charge in [-0.25, -0.2) is 0 Å². The van der Waals surface area contributed by atoms with E-state index in [4.69, 9.17) is 17.1 Å². The number of esters is 1. The van der Waals surface area contributed by atoms with Gasteiger partial charge in [-0.3, -0.25) is 9.59 Å². The van der Waals surface area contributed by atoms with E-state index in [2.05, 4.69) is 0 Å². The van der Waals surface area contributed by atoms with Crippen LogP contribution in [-0.2, 0) is 14.3 Å². The number of hydrogen-bond acceptors (Lipinski definition) is 3. The van der Waals surface area contributed by atoms with Crippen LogP contribution in [0.2, 0.25) is 0 Å². The van der Waals surface area contributed by atoms with Crippen molar-refractivity contribution in [1.29, 1.82) is 0 Å². The van der Waals surface area contributed by atoms with Gasteiger partial charge in [0, 0.05) is 30.6 Å². The largest absolute Gasteiger partial charge is 0.458 e. The molecule has 0 radical (unpaired) electrons. The van der Waals surface area contributed by atoms with Crippen molar-refractivity contribution >= 4 is 11.8 Å². The van der Waals surface area contributed by atoms with E-state index in [-0.39, 0.29) is 50.2 Å². The van der Waals surface area contributed by atoms with Gasteiger partial charge in [0.2, 0.25) is 0 Å². The van der Waals surface area contributed by atoms with E-state index in [0.29, 0.717) is 24.8 Å². The molecule has 0 aromatic rings. The van der Waals surface area contributed by atoms with Crippen LogP contribution in [0.1, 0.15) is 117 Å². The molecule has 4 aliphatic carbocycles. The van der Waals surface area contributed by atoms with E-state index in [9.17, 15) is 9.59 Å². The number of carbonyl (C=O) groups excluding carboxylic acids is 2. The molecule has 3 saturated carbocycles. The monoisotopic (exact) mass is 423 g/mol. The summed E-state index contributed by atoms with van der Waals surface area (Å²) < 4.78 is 84.1. The molecule has 0 heterocycles. The first-order valence-corrected chi connectivity index (χ1v) is 11.9. The van der Waals surface area contributed by atoms with Gasteiger partial charge < -0.3 is 4.74 Å². The first kappa shape index (κ1) is 13.4. The molecule has 0 aromatic carbocycles. The van der Waals surface area contributed by atoms with Crippen molar-refractivity contribution in [1.82, 2.24) is 0 Å². The van der Waals surface area contributed by atoms with Crippen LogP contribution in [0.4, 0.5) is 0 Å². The van der Waals surface area contributed by atoms with E-state index < -0.39 is 60.7 Å². The summed E-state index contributed by atoms with van der Waals surface area (Å²) >= 11 is 0. The Morgan fingerprint density at radius 3 is 2.77 bits per heavy atom. The second-order valence-corrected chi connectivity index (χ2v) is 10.3. The van der Waals surface area contributed by atoms with Gasteiger partial charge >= 0.3 is 5.97 Å². The Bertz CT molecular complexity index is 1010. The van der Waals surface area contributed by atoms with Crippen LogP contribution in [0, 0.1) is 34.5 Å². The molecule has 168 valence electrons. The average Bonchev–Trinajstić information content (AvgIpc) is 3.07. The molecule has 3 fully saturated rings. The van der Waals surface area contributed by atoms with Gasteiger partial charge in [-0.05, 0) is 87.0 Å². The third kappa shape index (κ3) is 3.21. The number of hydrogen-bond donors (Lipinski definition) is 0. The SMILES string of the molecule is [2H]C([2H])([2H])[C@]1(OC(=O)CCCCC)C(C)C[C@H]2[C@@H]3CCC4=CC(=O)CC[C@]4(C([2H])([2H])[2H])[C@H]3CC[C@@]21C([2H])([2H])[2H]. The average molecular weight is 424 g/mol. The van der Waals surface area contributed by atoms with Crippen molar-refractivity contribution in [3.63, 3.8) is 0 Å². The fourth-order valence-electron chi connectivity index (χ4n) is 7.13. The lowest BCUT2D eigenvalue weighted by Gasteiger charge is -2.59. The number of unbranched alkanes of at least 4 members (excludes halogenated alkanes) is 2. The molecule has 0 amide bonds. The van der Waals surface area contributed by atoms with Gasteiger partial charge in [0.15, 0.2) is 5.78 Å². The standard InChI is InChI=1S/C27H42O3/c1-6-7-8-9-24(29)30-27(5)18(2)16-23-21-11-10-19-17-20(28)12-14-25(19,3)22(21)13-15-26(23,27)4/h17-18,21-23H,6-16H2,1-5H3/t18?,21-,22+,23+,25+,26+,27+/m1/s1/i3D3,4D3,5D3. The Kier molecular flexibility index (Phi) is 3.48. The maximum Gasteiger partial charge on any atom is 0.306 e. The van der Waals surface area contributed by atoms with Gasteiger partial charge in [0.25, 0.3) is 0 Å². The highest BCUT2D eigenvalue weighted by atomic mass is 16.6. The summed E-state index contributed by atoms with van der Waals surface area (Å²) in [6.45, 7) is -4.36. The summed E-state index contributed by atoms with van der Waals surface area (Å²) in [4.78, 5) is 25.4. The molecule has 3 heteroatoms. The number of carbonyl (C=O) groups is 2. The highest BCUT2D eigenvalue weighted by Crippen LogP contribution is 2.69. The molecule has 0 N–H and O–H groups in total. The van der Waals surface area contributed by atoms with Crippen molar-refractivity contribution in [2.24, 2.45) is 34.5 Å². The molecule has 0 spiro atoms. The zero-order valence-corrected chi connectivity index (χ0v) is 18.4. The Morgan fingerprint density at radius 1 is 1.17 bits per heavy atom. The van der Waals surface area contributed by atoms with Crippen LogP contribution in [0.15, 0.2) is 11.6 Å². The maximum absolute atomic E-state index is 13.1. The van der Waals surface area contributed by atoms with Crippen LogP contribution < -0.4 is 0 Å². The number of fused-ring (bicyclic) bond motifs is 5. The van der Waals surface area contributed by atoms with Crippen LogP contribution in [0.25, 0.3) is 0 Å². The summed E-state index contributed by atoms with van der Waals surface area (Å²) in [6, 6.07) is 0. The summed E-state index contributed by atoms with van der Waals surface area (Å²) in [6.07, 6.45) is 5.23. The molecule has 3 nitrogen and oxygen atoms in total. The van der Waals surface area contributed by atoms with E-state index in [1.165, 1.54) is 6.08 Å². The van der Waals surface area contributed by atoms with E-state index in [1.54, 1.807) is 6.92 Å². The summed E-state index contributed by atoms with van der Waals surface area (Å²) in [7, 11) is 0. The minimum absolute atomic E-state index is 0.0243. The Morgan fingerprint density at radius 2 is 2.03 bits per heavy atom. The molecule has 4 aliphatic rings. The zero-order valence-electron chi connectivity index (χ0n) is 27.4. The number of rotatable bonds is 5. The molecule has 4 rings (SSSR count). The Labute approximate surface area is 196 Å². The lowest BCUT2D eigenvalue weighted by molar-refractivity contribution is -0.186. The fraction of sp³-hybridized carbons (Fsp3) is 0.852. The van der Waals surface area contributed by atoms with Crippen LogP contribution in [-0.4, -0.2) is 17.4 Å². The lowest BCUT2D eigenvalue weighted by Crippen LogP contribution is -2.56. The summed E-state index contributed by atoms with van der Waals surface area (Å²) in [5.74, 6) is -2.94. The topological polar surface area (TPSA) is 43.4 Å². The Balaban J connectivity index is 1.85. The third-order valence-corrected chi connectivity index (χ3v) is 8.79. The Hall–Kier alpha value is -1.12. The minimum atomic E-state index is -2.89. The normalized spacial score (nSPS) is 50.9. The van der Waals surface area contributed by atoms with E-state index >= 15 is 0 Å². The van der Waals surface area contributed by atoms with Crippen molar-refractivity contribution in [3.05, 3.63) is 11.6 Å². The number of allylic oxidation sites excluding steroid dienone is 1. The smallest absolute Gasteiger partial charge is 0.306 e. The molecule has 1 unspecified atom stereocenters. The lowest BCUT2D eigenvalue weighted by atomic mass is 9.46. The van der Waals surface area contributed by atoms with Crippen LogP contribution in [0.5, 0.6) is 0 Å². The molecule has 0 saturated heterocycles. The second kappa shape index (κ2) is 7.78. The van der Waals surface area contributed by atoms with Gasteiger partial charge in [-0.2, -0.15) is 0 Å². The van der Waals surface area contributed by atoms with Gasteiger partial charge in [0.1, 0.15) is 5.60 Å². The van der Waals surface area contributed by atoms with Crippen molar-refractivity contribution < 1.29 is 26.7 Å². The predicted octanol–water partition coefficient (Wildman–Crippen LogP) is 6.65. The van der Waals surface area contributed by atoms with Gasteiger partial charge in [0.05, 0.1) is 0 Å². The first-order chi connectivity index (χ1) is 17.9. The van der Waals surface area contributed by atoms with E-state index in [1.807, 2.05) is 6.92 Å². The summed E-state index contributed by atoms with van der Waals surface area (Å²) in [5, 5.41) is 0. The highest BCUT2D eigenvalue weighted by Gasteiger charge is 2.66. The molecular weight excluding hydrogens is 372 g/mol. The van der Waals surface area contributed by atoms with Crippen molar-refractivity contribution in [2.75, 3.05) is 0 Å². The quantitative estimate of drug-likeness (QED) is 0.367. The van der Waals surface area contributed by atoms with Crippen LogP contribution in [0.3, 0.4) is 0 Å². The van der Waals surface area contributed by atoms with E-state index in [0.717, 1.165) is 12.8 Å². The first-order valence-electron chi connectivity index (χ1n) is 16.4. The molecule has 7 atom stereocenters. The second-order valence-electron chi connectivity index (χ2n) is 10.3. The molecular formula is C27H42O3. The van der Waals surface area contributed by atoms with Crippen LogP contribution >= 0.6 is 0 Å². The number of ketones is 1. The highest BCUT2D eigenvalue weighted by molar-refractivity contribution is 5.91. The third-order valence-electron chi connectivity index (χ3n) is 8.79. The molecule has 0 aromatic heterocycles. The summed E-state index contributed by atoms with van der Waals surface area (Å²) in [5.41, 5.74) is -4.61.